The summed E-state index contributed by atoms with van der Waals surface area (Å²) in [5.41, 5.74) is 2.15. The zero-order valence-electron chi connectivity index (χ0n) is 13.0. The number of aryl methyl sites for hydroxylation is 1. The molecule has 2 aromatic heterocycles. The van der Waals surface area contributed by atoms with Crippen LogP contribution in [-0.4, -0.2) is 19.5 Å². The monoisotopic (exact) mass is 260 g/mol. The van der Waals surface area contributed by atoms with E-state index in [1.807, 2.05) is 19.4 Å². The topological polar surface area (TPSA) is 46.5 Å². The molecule has 0 spiro atoms. The highest BCUT2D eigenvalue weighted by molar-refractivity contribution is 5.49. The maximum Gasteiger partial charge on any atom is 0.157 e. The number of aromatic amines is 1. The van der Waals surface area contributed by atoms with Gasteiger partial charge in [0.1, 0.15) is 11.5 Å². The van der Waals surface area contributed by atoms with Crippen molar-refractivity contribution in [3.8, 4) is 11.5 Å². The van der Waals surface area contributed by atoms with Gasteiger partial charge in [0, 0.05) is 36.0 Å². The second kappa shape index (κ2) is 4.22. The zero-order chi connectivity index (χ0) is 14.4. The molecule has 0 unspecified atom stereocenters. The molecule has 0 amide bonds. The van der Waals surface area contributed by atoms with Crippen molar-refractivity contribution in [1.82, 2.24) is 19.5 Å². The Morgan fingerprint density at radius 2 is 1.68 bits per heavy atom. The number of hydrogen-bond acceptors (Lipinski definition) is 2. The number of H-pyrrole nitrogens is 1. The predicted octanol–water partition coefficient (Wildman–Crippen LogP) is 3.41. The fraction of sp³-hybridized carbons (Fsp3) is 0.600. The first-order valence-corrected chi connectivity index (χ1v) is 6.69. The number of imidazole rings is 2. The number of nitrogens with zero attached hydrogens (tertiary/aromatic N) is 3. The molecule has 2 rings (SSSR count). The summed E-state index contributed by atoms with van der Waals surface area (Å²) in [5.74, 6) is 1.91. The van der Waals surface area contributed by atoms with Crippen LogP contribution < -0.4 is 0 Å². The number of rotatable bonds is 1. The molecule has 0 radical (unpaired) electrons. The fourth-order valence-corrected chi connectivity index (χ4v) is 2.11. The Balaban J connectivity index is 2.41. The molecule has 0 aromatic carbocycles. The van der Waals surface area contributed by atoms with Crippen molar-refractivity contribution in [3.63, 3.8) is 0 Å². The van der Waals surface area contributed by atoms with Gasteiger partial charge in [-0.1, -0.05) is 41.5 Å². The Hall–Kier alpha value is -1.58. The van der Waals surface area contributed by atoms with E-state index < -0.39 is 0 Å². The largest absolute Gasteiger partial charge is 0.340 e. The van der Waals surface area contributed by atoms with Gasteiger partial charge in [-0.05, 0) is 0 Å². The van der Waals surface area contributed by atoms with Crippen LogP contribution in [0.4, 0.5) is 0 Å². The van der Waals surface area contributed by atoms with Crippen molar-refractivity contribution in [3.05, 3.63) is 23.9 Å². The van der Waals surface area contributed by atoms with Gasteiger partial charge < -0.3 is 9.55 Å². The second-order valence-corrected chi connectivity index (χ2v) is 7.21. The van der Waals surface area contributed by atoms with E-state index >= 15 is 0 Å². The molecule has 0 saturated carbocycles. The van der Waals surface area contributed by atoms with E-state index in [0.29, 0.717) is 0 Å². The molecule has 0 bridgehead atoms. The molecule has 2 aromatic rings. The van der Waals surface area contributed by atoms with E-state index in [4.69, 9.17) is 4.98 Å². The predicted molar refractivity (Wildman–Crippen MR) is 78.2 cm³/mol. The molecule has 0 aliphatic heterocycles. The molecule has 2 heterocycles. The third-order valence-electron chi connectivity index (χ3n) is 3.17. The lowest BCUT2D eigenvalue weighted by atomic mass is 9.93. The summed E-state index contributed by atoms with van der Waals surface area (Å²) in [6.07, 6.45) is 3.94. The van der Waals surface area contributed by atoms with Crippen molar-refractivity contribution >= 4 is 0 Å². The van der Waals surface area contributed by atoms with Crippen molar-refractivity contribution in [2.24, 2.45) is 7.05 Å². The SMILES string of the molecule is Cn1cc(-c2ncc(C(C)(C)C)[nH]2)nc1C(C)(C)C. The average Bonchev–Trinajstić information content (AvgIpc) is 2.79. The first-order chi connectivity index (χ1) is 8.59. The zero-order valence-corrected chi connectivity index (χ0v) is 13.0. The third-order valence-corrected chi connectivity index (χ3v) is 3.17. The Labute approximate surface area is 115 Å². The molecular weight excluding hydrogens is 236 g/mol. The van der Waals surface area contributed by atoms with Crippen LogP contribution in [0.1, 0.15) is 53.1 Å². The minimum atomic E-state index is 0.0342. The molecule has 4 nitrogen and oxygen atoms in total. The standard InChI is InChI=1S/C15H24N4/c1-14(2,3)11-8-16-12(18-11)10-9-19(7)13(17-10)15(4,5)6/h8-9H,1-7H3,(H,16,18). The van der Waals surface area contributed by atoms with Gasteiger partial charge in [-0.3, -0.25) is 0 Å². The molecule has 0 aliphatic rings. The summed E-state index contributed by atoms with van der Waals surface area (Å²) >= 11 is 0. The Morgan fingerprint density at radius 3 is 2.11 bits per heavy atom. The normalized spacial score (nSPS) is 13.0. The van der Waals surface area contributed by atoms with Crippen LogP contribution in [0.5, 0.6) is 0 Å². The van der Waals surface area contributed by atoms with E-state index in [1.54, 1.807) is 0 Å². The highest BCUT2D eigenvalue weighted by atomic mass is 15.1. The molecule has 4 heteroatoms. The molecule has 0 fully saturated rings. The van der Waals surface area contributed by atoms with Crippen molar-refractivity contribution in [2.45, 2.75) is 52.4 Å². The lowest BCUT2D eigenvalue weighted by Gasteiger charge is -2.17. The van der Waals surface area contributed by atoms with Crippen molar-refractivity contribution in [1.29, 1.82) is 0 Å². The van der Waals surface area contributed by atoms with Crippen LogP contribution >= 0.6 is 0 Å². The van der Waals surface area contributed by atoms with Crippen molar-refractivity contribution in [2.75, 3.05) is 0 Å². The summed E-state index contributed by atoms with van der Waals surface area (Å²) in [6.45, 7) is 13.0. The molecule has 0 atom stereocenters. The van der Waals surface area contributed by atoms with Crippen LogP contribution in [-0.2, 0) is 17.9 Å². The quantitative estimate of drug-likeness (QED) is 0.854. The summed E-state index contributed by atoms with van der Waals surface area (Å²) in [5, 5.41) is 0. The van der Waals surface area contributed by atoms with Crippen LogP contribution in [0, 0.1) is 0 Å². The van der Waals surface area contributed by atoms with Gasteiger partial charge in [-0.2, -0.15) is 0 Å². The van der Waals surface area contributed by atoms with Crippen LogP contribution in [0.25, 0.3) is 11.5 Å². The number of aromatic nitrogens is 4. The van der Waals surface area contributed by atoms with Gasteiger partial charge in [0.25, 0.3) is 0 Å². The number of hydrogen-bond donors (Lipinski definition) is 1. The van der Waals surface area contributed by atoms with Gasteiger partial charge in [0.15, 0.2) is 5.82 Å². The third kappa shape index (κ3) is 2.72. The van der Waals surface area contributed by atoms with Gasteiger partial charge in [-0.15, -0.1) is 0 Å². The van der Waals surface area contributed by atoms with Gasteiger partial charge in [0.2, 0.25) is 0 Å². The molecular formula is C15H24N4. The van der Waals surface area contributed by atoms with E-state index in [9.17, 15) is 0 Å². The summed E-state index contributed by atoms with van der Waals surface area (Å²) < 4.78 is 2.08. The summed E-state index contributed by atoms with van der Waals surface area (Å²) in [4.78, 5) is 12.5. The van der Waals surface area contributed by atoms with Crippen molar-refractivity contribution < 1.29 is 0 Å². The number of nitrogens with one attached hydrogen (secondary N) is 1. The minimum absolute atomic E-state index is 0.0342. The first-order valence-electron chi connectivity index (χ1n) is 6.69. The summed E-state index contributed by atoms with van der Waals surface area (Å²) in [7, 11) is 2.03. The second-order valence-electron chi connectivity index (χ2n) is 7.21. The highest BCUT2D eigenvalue weighted by Gasteiger charge is 2.22. The Morgan fingerprint density at radius 1 is 1.05 bits per heavy atom. The smallest absolute Gasteiger partial charge is 0.157 e. The van der Waals surface area contributed by atoms with E-state index in [1.165, 1.54) is 0 Å². The molecule has 0 aliphatic carbocycles. The van der Waals surface area contributed by atoms with Crippen LogP contribution in [0.15, 0.2) is 12.4 Å². The minimum Gasteiger partial charge on any atom is -0.340 e. The van der Waals surface area contributed by atoms with Gasteiger partial charge >= 0.3 is 0 Å². The lowest BCUT2D eigenvalue weighted by Crippen LogP contribution is -2.17. The van der Waals surface area contributed by atoms with E-state index in [0.717, 1.165) is 23.0 Å². The highest BCUT2D eigenvalue weighted by Crippen LogP contribution is 2.26. The summed E-state index contributed by atoms with van der Waals surface area (Å²) in [6, 6.07) is 0. The van der Waals surface area contributed by atoms with Gasteiger partial charge in [-0.25, -0.2) is 9.97 Å². The lowest BCUT2D eigenvalue weighted by molar-refractivity contribution is 0.523. The Kier molecular flexibility index (Phi) is 3.07. The molecule has 0 saturated heterocycles. The van der Waals surface area contributed by atoms with E-state index in [-0.39, 0.29) is 10.8 Å². The fourth-order valence-electron chi connectivity index (χ4n) is 2.11. The maximum atomic E-state index is 4.72. The Bertz CT molecular complexity index is 576. The maximum absolute atomic E-state index is 4.72. The molecule has 1 N–H and O–H groups in total. The van der Waals surface area contributed by atoms with Crippen LogP contribution in [0.3, 0.4) is 0 Å². The van der Waals surface area contributed by atoms with Gasteiger partial charge in [0.05, 0.1) is 0 Å². The first kappa shape index (κ1) is 13.8. The average molecular weight is 260 g/mol. The van der Waals surface area contributed by atoms with E-state index in [2.05, 4.69) is 56.1 Å². The molecule has 19 heavy (non-hydrogen) atoms. The molecule has 104 valence electrons. The van der Waals surface area contributed by atoms with Crippen LogP contribution in [0.2, 0.25) is 0 Å².